The van der Waals surface area contributed by atoms with Crippen LogP contribution in [0.1, 0.15) is 11.1 Å². The number of hydrogen-bond donors (Lipinski definition) is 0. The van der Waals surface area contributed by atoms with Crippen LogP contribution in [0.25, 0.3) is 11.1 Å². The first-order valence-electron chi connectivity index (χ1n) is 5.20. The highest BCUT2D eigenvalue weighted by Gasteiger charge is 2.58. The molecule has 2 atom stereocenters. The van der Waals surface area contributed by atoms with Crippen molar-refractivity contribution in [3.8, 4) is 0 Å². The molecule has 1 heteroatoms. The normalized spacial score (nSPS) is 33.7. The van der Waals surface area contributed by atoms with Gasteiger partial charge in [0.05, 0.1) is 0 Å². The van der Waals surface area contributed by atoms with Gasteiger partial charge in [-0.2, -0.15) is 0 Å². The minimum absolute atomic E-state index is 0.188. The molecule has 1 nitrogen and oxygen atoms in total. The molecule has 1 aromatic carbocycles. The van der Waals surface area contributed by atoms with Crippen molar-refractivity contribution >= 4 is 11.1 Å². The molecule has 0 amide bonds. The molecule has 3 aliphatic rings. The van der Waals surface area contributed by atoms with Crippen LogP contribution in [0.15, 0.2) is 49.1 Å². The first kappa shape index (κ1) is 7.66. The summed E-state index contributed by atoms with van der Waals surface area (Å²) in [5, 5.41) is 0. The Morgan fingerprint density at radius 3 is 2.87 bits per heavy atom. The van der Waals surface area contributed by atoms with E-state index in [4.69, 9.17) is 4.74 Å². The summed E-state index contributed by atoms with van der Waals surface area (Å²) in [6.07, 6.45) is 6.42. The Labute approximate surface area is 88.4 Å². The predicted octanol–water partition coefficient (Wildman–Crippen LogP) is 2.80. The average molecular weight is 194 g/mol. The minimum atomic E-state index is -0.188. The molecule has 2 aliphatic carbocycles. The Kier molecular flexibility index (Phi) is 1.10. The standard InChI is InChI=1S/C14H10O/c1-2-14-8-7-11-9-5-3-4-6-10(9)12(11)13(14)15-14/h2-8,13H,1H2. The first-order valence-corrected chi connectivity index (χ1v) is 5.20. The van der Waals surface area contributed by atoms with Crippen molar-refractivity contribution in [3.05, 3.63) is 60.2 Å². The number of benzene rings is 1. The van der Waals surface area contributed by atoms with E-state index in [9.17, 15) is 0 Å². The molecule has 0 saturated carbocycles. The second-order valence-corrected chi connectivity index (χ2v) is 4.26. The summed E-state index contributed by atoms with van der Waals surface area (Å²) in [7, 11) is 0. The molecule has 0 bridgehead atoms. The van der Waals surface area contributed by atoms with Gasteiger partial charge in [-0.3, -0.25) is 0 Å². The third-order valence-corrected chi connectivity index (χ3v) is 3.56. The third-order valence-electron chi connectivity index (χ3n) is 3.56. The van der Waals surface area contributed by atoms with Gasteiger partial charge in [-0.05, 0) is 22.8 Å². The number of fused-ring (bicyclic) bond motifs is 5. The summed E-state index contributed by atoms with van der Waals surface area (Å²) >= 11 is 0. The lowest BCUT2D eigenvalue weighted by Gasteiger charge is -2.28. The molecule has 2 unspecified atom stereocenters. The van der Waals surface area contributed by atoms with Crippen LogP contribution in [0.5, 0.6) is 0 Å². The number of ether oxygens (including phenoxy) is 1. The van der Waals surface area contributed by atoms with E-state index < -0.39 is 0 Å². The van der Waals surface area contributed by atoms with Crippen molar-refractivity contribution in [3.63, 3.8) is 0 Å². The maximum atomic E-state index is 5.74. The SMILES string of the molecule is C=CC12C=CC3=C(c4ccccc43)C1O2. The van der Waals surface area contributed by atoms with E-state index in [1.807, 2.05) is 6.08 Å². The zero-order valence-electron chi connectivity index (χ0n) is 8.23. The second-order valence-electron chi connectivity index (χ2n) is 4.26. The van der Waals surface area contributed by atoms with Crippen LogP contribution >= 0.6 is 0 Å². The molecule has 1 saturated heterocycles. The van der Waals surface area contributed by atoms with Crippen LogP contribution in [-0.2, 0) is 4.74 Å². The second kappa shape index (κ2) is 2.15. The van der Waals surface area contributed by atoms with Crippen LogP contribution in [0, 0.1) is 0 Å². The average Bonchev–Trinajstić information content (AvgIpc) is 2.97. The van der Waals surface area contributed by atoms with Gasteiger partial charge in [0.2, 0.25) is 0 Å². The zero-order valence-corrected chi connectivity index (χ0v) is 8.23. The van der Waals surface area contributed by atoms with Gasteiger partial charge in [0.1, 0.15) is 11.7 Å². The van der Waals surface area contributed by atoms with E-state index in [2.05, 4.69) is 43.0 Å². The Morgan fingerprint density at radius 2 is 2.07 bits per heavy atom. The highest BCUT2D eigenvalue weighted by atomic mass is 16.6. The molecule has 0 spiro atoms. The van der Waals surface area contributed by atoms with E-state index in [0.717, 1.165) is 0 Å². The molecule has 1 fully saturated rings. The quantitative estimate of drug-likeness (QED) is 0.494. The summed E-state index contributed by atoms with van der Waals surface area (Å²) in [5.74, 6) is 0. The van der Waals surface area contributed by atoms with E-state index in [-0.39, 0.29) is 11.7 Å². The Hall–Kier alpha value is -1.60. The van der Waals surface area contributed by atoms with Gasteiger partial charge in [-0.25, -0.2) is 0 Å². The maximum Gasteiger partial charge on any atom is 0.136 e. The van der Waals surface area contributed by atoms with E-state index in [0.29, 0.717) is 0 Å². The molecule has 0 radical (unpaired) electrons. The van der Waals surface area contributed by atoms with Crippen LogP contribution in [0.4, 0.5) is 0 Å². The molecule has 1 aliphatic heterocycles. The van der Waals surface area contributed by atoms with Crippen LogP contribution in [0.2, 0.25) is 0 Å². The highest BCUT2D eigenvalue weighted by Crippen LogP contribution is 2.58. The fourth-order valence-corrected chi connectivity index (χ4v) is 2.66. The lowest BCUT2D eigenvalue weighted by molar-refractivity contribution is 0.379. The minimum Gasteiger partial charge on any atom is -0.352 e. The molecule has 0 aromatic heterocycles. The van der Waals surface area contributed by atoms with Crippen molar-refractivity contribution in [2.75, 3.05) is 0 Å². The highest BCUT2D eigenvalue weighted by molar-refractivity contribution is 6.11. The maximum absolute atomic E-state index is 5.74. The molecular formula is C14H10O. The Bertz CT molecular complexity index is 550. The predicted molar refractivity (Wildman–Crippen MR) is 60.2 cm³/mol. The van der Waals surface area contributed by atoms with Crippen LogP contribution < -0.4 is 0 Å². The summed E-state index contributed by atoms with van der Waals surface area (Å²) in [6.45, 7) is 3.84. The summed E-state index contributed by atoms with van der Waals surface area (Å²) in [6, 6.07) is 8.50. The van der Waals surface area contributed by atoms with E-state index in [1.54, 1.807) is 0 Å². The largest absolute Gasteiger partial charge is 0.352 e. The van der Waals surface area contributed by atoms with Gasteiger partial charge in [0.15, 0.2) is 0 Å². The molecule has 1 aromatic rings. The van der Waals surface area contributed by atoms with Crippen molar-refractivity contribution in [1.29, 1.82) is 0 Å². The summed E-state index contributed by atoms with van der Waals surface area (Å²) in [5.41, 5.74) is 5.24. The monoisotopic (exact) mass is 194 g/mol. The molecule has 72 valence electrons. The van der Waals surface area contributed by atoms with Crippen LogP contribution in [-0.4, -0.2) is 11.7 Å². The first-order chi connectivity index (χ1) is 7.36. The lowest BCUT2D eigenvalue weighted by atomic mass is 9.73. The molecular weight excluding hydrogens is 184 g/mol. The zero-order chi connectivity index (χ0) is 10.0. The number of hydrogen-bond acceptors (Lipinski definition) is 1. The van der Waals surface area contributed by atoms with Gasteiger partial charge in [0.25, 0.3) is 0 Å². The fraction of sp³-hybridized carbons (Fsp3) is 0.143. The lowest BCUT2D eigenvalue weighted by Crippen LogP contribution is -2.19. The molecule has 4 rings (SSSR count). The van der Waals surface area contributed by atoms with Crippen LogP contribution in [0.3, 0.4) is 0 Å². The summed E-state index contributed by atoms with van der Waals surface area (Å²) in [4.78, 5) is 0. The molecule has 15 heavy (non-hydrogen) atoms. The smallest absolute Gasteiger partial charge is 0.136 e. The van der Waals surface area contributed by atoms with E-state index >= 15 is 0 Å². The molecule has 0 N–H and O–H groups in total. The van der Waals surface area contributed by atoms with E-state index in [1.165, 1.54) is 22.3 Å². The Balaban J connectivity index is 1.89. The van der Waals surface area contributed by atoms with Gasteiger partial charge < -0.3 is 4.74 Å². The topological polar surface area (TPSA) is 12.5 Å². The van der Waals surface area contributed by atoms with Gasteiger partial charge >= 0.3 is 0 Å². The summed E-state index contributed by atoms with van der Waals surface area (Å²) < 4.78 is 5.74. The fourth-order valence-electron chi connectivity index (χ4n) is 2.66. The van der Waals surface area contributed by atoms with Crippen molar-refractivity contribution < 1.29 is 4.74 Å². The number of allylic oxidation sites excluding steroid dienone is 2. The van der Waals surface area contributed by atoms with Gasteiger partial charge in [0, 0.05) is 5.57 Å². The van der Waals surface area contributed by atoms with Gasteiger partial charge in [-0.1, -0.05) is 43.0 Å². The number of rotatable bonds is 1. The third kappa shape index (κ3) is 0.712. The van der Waals surface area contributed by atoms with Crippen molar-refractivity contribution in [2.24, 2.45) is 0 Å². The number of epoxide rings is 1. The van der Waals surface area contributed by atoms with Crippen molar-refractivity contribution in [2.45, 2.75) is 11.7 Å². The van der Waals surface area contributed by atoms with Crippen molar-refractivity contribution in [1.82, 2.24) is 0 Å². The molecule has 1 heterocycles. The van der Waals surface area contributed by atoms with Gasteiger partial charge in [-0.15, -0.1) is 0 Å². The Morgan fingerprint density at radius 1 is 1.27 bits per heavy atom.